The highest BCUT2D eigenvalue weighted by Gasteiger charge is 1.98. The Hall–Kier alpha value is -1.75. The van der Waals surface area contributed by atoms with Gasteiger partial charge in [-0.1, -0.05) is 6.07 Å². The van der Waals surface area contributed by atoms with E-state index in [2.05, 4.69) is 15.2 Å². The van der Waals surface area contributed by atoms with Crippen LogP contribution in [0.2, 0.25) is 0 Å². The predicted molar refractivity (Wildman–Crippen MR) is 47.0 cm³/mol. The molecule has 0 bridgehead atoms. The molecule has 0 saturated heterocycles. The van der Waals surface area contributed by atoms with E-state index in [1.54, 1.807) is 12.4 Å². The van der Waals surface area contributed by atoms with Crippen LogP contribution in [-0.4, -0.2) is 20.0 Å². The van der Waals surface area contributed by atoms with E-state index in [0.717, 1.165) is 5.69 Å². The van der Waals surface area contributed by atoms with Crippen LogP contribution >= 0.6 is 0 Å². The molecule has 0 atom stereocenters. The van der Waals surface area contributed by atoms with Crippen molar-refractivity contribution >= 4 is 0 Å². The summed E-state index contributed by atoms with van der Waals surface area (Å²) in [5.74, 6) is 0.688. The first-order chi connectivity index (χ1) is 6.40. The highest BCUT2D eigenvalue weighted by atomic mass is 15.5. The molecule has 13 heavy (non-hydrogen) atoms. The summed E-state index contributed by atoms with van der Waals surface area (Å²) in [5, 5.41) is 7.93. The minimum atomic E-state index is 0.426. The third-order valence-corrected chi connectivity index (χ3v) is 1.62. The summed E-state index contributed by atoms with van der Waals surface area (Å²) in [6.07, 6.45) is 3.22. The molecule has 5 nitrogen and oxygen atoms in total. The molecular weight excluding hydrogens is 166 g/mol. The van der Waals surface area contributed by atoms with Crippen LogP contribution < -0.4 is 5.73 Å². The first-order valence-corrected chi connectivity index (χ1v) is 3.93. The molecule has 2 aromatic heterocycles. The average molecular weight is 175 g/mol. The van der Waals surface area contributed by atoms with Gasteiger partial charge in [0.25, 0.3) is 0 Å². The molecule has 0 saturated carbocycles. The zero-order valence-corrected chi connectivity index (χ0v) is 6.96. The highest BCUT2D eigenvalue weighted by molar-refractivity contribution is 5.21. The first-order valence-electron chi connectivity index (χ1n) is 3.93. The number of nitrogens with zero attached hydrogens (tertiary/aromatic N) is 4. The molecular formula is C8H9N5. The molecule has 0 aliphatic heterocycles. The van der Waals surface area contributed by atoms with Gasteiger partial charge in [0.15, 0.2) is 5.82 Å². The Balaban J connectivity index is 2.41. The number of aromatic nitrogens is 4. The first kappa shape index (κ1) is 7.88. The maximum atomic E-state index is 5.46. The summed E-state index contributed by atoms with van der Waals surface area (Å²) in [4.78, 5) is 5.70. The Kier molecular flexibility index (Phi) is 2.01. The van der Waals surface area contributed by atoms with Gasteiger partial charge in [-0.2, -0.15) is 10.2 Å². The SMILES string of the molecule is NCc1cccc(-n2nccn2)n1. The van der Waals surface area contributed by atoms with Crippen LogP contribution in [0.1, 0.15) is 5.69 Å². The van der Waals surface area contributed by atoms with E-state index in [-0.39, 0.29) is 0 Å². The maximum absolute atomic E-state index is 5.46. The molecule has 0 unspecified atom stereocenters. The van der Waals surface area contributed by atoms with Gasteiger partial charge in [0.2, 0.25) is 0 Å². The Labute approximate surface area is 75.2 Å². The zero-order valence-electron chi connectivity index (χ0n) is 6.96. The summed E-state index contributed by atoms with van der Waals surface area (Å²) < 4.78 is 0. The van der Waals surface area contributed by atoms with E-state index in [0.29, 0.717) is 12.4 Å². The van der Waals surface area contributed by atoms with Crippen molar-refractivity contribution in [3.8, 4) is 5.82 Å². The van der Waals surface area contributed by atoms with Crippen LogP contribution in [-0.2, 0) is 6.54 Å². The number of pyridine rings is 1. The molecule has 0 fully saturated rings. The van der Waals surface area contributed by atoms with E-state index in [1.807, 2.05) is 18.2 Å². The van der Waals surface area contributed by atoms with Crippen molar-refractivity contribution in [3.63, 3.8) is 0 Å². The Bertz CT molecular complexity index is 381. The van der Waals surface area contributed by atoms with Crippen molar-refractivity contribution in [2.24, 2.45) is 5.73 Å². The predicted octanol–water partition coefficient (Wildman–Crippen LogP) is 0.121. The second kappa shape index (κ2) is 3.32. The summed E-state index contributed by atoms with van der Waals surface area (Å²) >= 11 is 0. The van der Waals surface area contributed by atoms with Crippen molar-refractivity contribution in [2.75, 3.05) is 0 Å². The number of nitrogens with two attached hydrogens (primary N) is 1. The Morgan fingerprint density at radius 2 is 2.00 bits per heavy atom. The van der Waals surface area contributed by atoms with Crippen molar-refractivity contribution in [2.45, 2.75) is 6.54 Å². The lowest BCUT2D eigenvalue weighted by atomic mass is 10.3. The van der Waals surface area contributed by atoms with Crippen LogP contribution in [0.4, 0.5) is 0 Å². The monoisotopic (exact) mass is 175 g/mol. The van der Waals surface area contributed by atoms with E-state index in [9.17, 15) is 0 Å². The van der Waals surface area contributed by atoms with E-state index < -0.39 is 0 Å². The Morgan fingerprint density at radius 1 is 1.23 bits per heavy atom. The van der Waals surface area contributed by atoms with Gasteiger partial charge >= 0.3 is 0 Å². The summed E-state index contributed by atoms with van der Waals surface area (Å²) in [5.41, 5.74) is 6.29. The van der Waals surface area contributed by atoms with Gasteiger partial charge in [-0.3, -0.25) is 0 Å². The average Bonchev–Trinajstić information content (AvgIpc) is 2.71. The fourth-order valence-electron chi connectivity index (χ4n) is 1.03. The van der Waals surface area contributed by atoms with Gasteiger partial charge in [0.05, 0.1) is 18.1 Å². The van der Waals surface area contributed by atoms with E-state index in [4.69, 9.17) is 5.73 Å². The van der Waals surface area contributed by atoms with Crippen molar-refractivity contribution in [1.29, 1.82) is 0 Å². The normalized spacial score (nSPS) is 10.2. The van der Waals surface area contributed by atoms with Gasteiger partial charge in [-0.15, -0.1) is 4.80 Å². The molecule has 2 N–H and O–H groups in total. The third-order valence-electron chi connectivity index (χ3n) is 1.62. The van der Waals surface area contributed by atoms with Crippen molar-refractivity contribution in [3.05, 3.63) is 36.3 Å². The maximum Gasteiger partial charge on any atom is 0.174 e. The minimum absolute atomic E-state index is 0.426. The molecule has 0 amide bonds. The second-order valence-corrected chi connectivity index (χ2v) is 2.51. The second-order valence-electron chi connectivity index (χ2n) is 2.51. The van der Waals surface area contributed by atoms with Crippen LogP contribution in [0.25, 0.3) is 5.82 Å². The van der Waals surface area contributed by atoms with Gasteiger partial charge in [-0.25, -0.2) is 4.98 Å². The van der Waals surface area contributed by atoms with Crippen LogP contribution in [0.15, 0.2) is 30.6 Å². The largest absolute Gasteiger partial charge is 0.325 e. The third kappa shape index (κ3) is 1.54. The van der Waals surface area contributed by atoms with E-state index in [1.165, 1.54) is 4.80 Å². The van der Waals surface area contributed by atoms with Gasteiger partial charge in [0.1, 0.15) is 0 Å². The fraction of sp³-hybridized carbons (Fsp3) is 0.125. The smallest absolute Gasteiger partial charge is 0.174 e. The van der Waals surface area contributed by atoms with Crippen molar-refractivity contribution in [1.82, 2.24) is 20.0 Å². The fourth-order valence-corrected chi connectivity index (χ4v) is 1.03. The van der Waals surface area contributed by atoms with Crippen molar-refractivity contribution < 1.29 is 0 Å². The molecule has 5 heteroatoms. The van der Waals surface area contributed by atoms with Crippen LogP contribution in [0, 0.1) is 0 Å². The lowest BCUT2D eigenvalue weighted by Gasteiger charge is -2.00. The number of rotatable bonds is 2. The molecule has 0 spiro atoms. The highest BCUT2D eigenvalue weighted by Crippen LogP contribution is 2.01. The summed E-state index contributed by atoms with van der Waals surface area (Å²) in [6, 6.07) is 5.58. The molecule has 66 valence electrons. The van der Waals surface area contributed by atoms with Crippen LogP contribution in [0.3, 0.4) is 0 Å². The lowest BCUT2D eigenvalue weighted by molar-refractivity contribution is 0.722. The lowest BCUT2D eigenvalue weighted by Crippen LogP contribution is -2.05. The molecule has 2 rings (SSSR count). The van der Waals surface area contributed by atoms with Gasteiger partial charge in [0, 0.05) is 6.54 Å². The van der Waals surface area contributed by atoms with E-state index >= 15 is 0 Å². The van der Waals surface area contributed by atoms with Gasteiger partial charge in [-0.05, 0) is 12.1 Å². The minimum Gasteiger partial charge on any atom is -0.325 e. The Morgan fingerprint density at radius 3 is 2.69 bits per heavy atom. The zero-order chi connectivity index (χ0) is 9.10. The molecule has 0 radical (unpaired) electrons. The summed E-state index contributed by atoms with van der Waals surface area (Å²) in [7, 11) is 0. The number of hydrogen-bond acceptors (Lipinski definition) is 4. The molecule has 0 aliphatic rings. The molecule has 0 aromatic carbocycles. The quantitative estimate of drug-likeness (QED) is 0.703. The molecule has 2 heterocycles. The molecule has 2 aromatic rings. The standard InChI is InChI=1S/C8H9N5/c9-6-7-2-1-3-8(12-7)13-10-4-5-11-13/h1-5H,6,9H2. The van der Waals surface area contributed by atoms with Crippen LogP contribution in [0.5, 0.6) is 0 Å². The number of hydrogen-bond donors (Lipinski definition) is 1. The summed E-state index contributed by atoms with van der Waals surface area (Å²) in [6.45, 7) is 0.426. The van der Waals surface area contributed by atoms with Gasteiger partial charge < -0.3 is 5.73 Å². The topological polar surface area (TPSA) is 69.6 Å². The molecule has 0 aliphatic carbocycles.